The summed E-state index contributed by atoms with van der Waals surface area (Å²) in [4.78, 5) is 12.1. The van der Waals surface area contributed by atoms with E-state index in [0.29, 0.717) is 36.9 Å². The molecule has 0 aliphatic carbocycles. The monoisotopic (exact) mass is 393 g/mol. The van der Waals surface area contributed by atoms with Crippen LogP contribution in [0, 0.1) is 0 Å². The van der Waals surface area contributed by atoms with Crippen molar-refractivity contribution in [2.24, 2.45) is 0 Å². The molecule has 140 valence electrons. The van der Waals surface area contributed by atoms with E-state index in [1.807, 2.05) is 32.0 Å². The molecule has 0 unspecified atom stereocenters. The van der Waals surface area contributed by atoms with Crippen LogP contribution in [0.1, 0.15) is 25.8 Å². The van der Waals surface area contributed by atoms with Gasteiger partial charge >= 0.3 is 0 Å². The first kappa shape index (κ1) is 20.3. The molecular formula is C18H23N3O3S2. The van der Waals surface area contributed by atoms with E-state index in [1.54, 1.807) is 6.08 Å². The fourth-order valence-electron chi connectivity index (χ4n) is 2.14. The van der Waals surface area contributed by atoms with Crippen molar-refractivity contribution in [3.8, 4) is 11.5 Å². The van der Waals surface area contributed by atoms with Crippen molar-refractivity contribution in [3.63, 3.8) is 0 Å². The number of nitrogens with one attached hydrogen (secondary N) is 1. The molecule has 0 radical (unpaired) electrons. The maximum atomic E-state index is 12.1. The van der Waals surface area contributed by atoms with Crippen LogP contribution in [0.25, 0.3) is 0 Å². The van der Waals surface area contributed by atoms with Crippen LogP contribution in [-0.2, 0) is 11.2 Å². The molecule has 1 amide bonds. The fourth-order valence-corrected chi connectivity index (χ4v) is 3.67. The van der Waals surface area contributed by atoms with Crippen molar-refractivity contribution < 1.29 is 14.3 Å². The maximum absolute atomic E-state index is 12.1. The fraction of sp³-hybridized carbons (Fsp3) is 0.389. The van der Waals surface area contributed by atoms with Gasteiger partial charge in [-0.25, -0.2) is 0 Å². The summed E-state index contributed by atoms with van der Waals surface area (Å²) in [5, 5.41) is 11.3. The summed E-state index contributed by atoms with van der Waals surface area (Å²) in [6.45, 7) is 8.67. The lowest BCUT2D eigenvalue weighted by atomic mass is 10.1. The molecule has 1 aromatic carbocycles. The number of ether oxygens (including phenoxy) is 2. The highest BCUT2D eigenvalue weighted by Gasteiger charge is 2.10. The van der Waals surface area contributed by atoms with Gasteiger partial charge in [0.05, 0.1) is 13.2 Å². The van der Waals surface area contributed by atoms with Crippen LogP contribution in [0.4, 0.5) is 5.13 Å². The van der Waals surface area contributed by atoms with E-state index >= 15 is 0 Å². The topological polar surface area (TPSA) is 73.3 Å². The Morgan fingerprint density at radius 1 is 1.27 bits per heavy atom. The van der Waals surface area contributed by atoms with Crippen LogP contribution in [-0.4, -0.2) is 35.1 Å². The van der Waals surface area contributed by atoms with E-state index in [1.165, 1.54) is 23.1 Å². The van der Waals surface area contributed by atoms with Gasteiger partial charge < -0.3 is 14.8 Å². The van der Waals surface area contributed by atoms with E-state index < -0.39 is 0 Å². The van der Waals surface area contributed by atoms with Crippen LogP contribution in [0.5, 0.6) is 11.5 Å². The Bertz CT molecular complexity index is 734. The van der Waals surface area contributed by atoms with Gasteiger partial charge in [0.25, 0.3) is 0 Å². The highest BCUT2D eigenvalue weighted by Crippen LogP contribution is 2.29. The van der Waals surface area contributed by atoms with Gasteiger partial charge in [0.15, 0.2) is 15.8 Å². The highest BCUT2D eigenvalue weighted by molar-refractivity contribution is 8.01. The van der Waals surface area contributed by atoms with Gasteiger partial charge in [0.1, 0.15) is 0 Å². The van der Waals surface area contributed by atoms with Crippen LogP contribution >= 0.6 is 23.1 Å². The minimum atomic E-state index is -0.0896. The number of amides is 1. The lowest BCUT2D eigenvalue weighted by molar-refractivity contribution is -0.116. The Morgan fingerprint density at radius 2 is 2.04 bits per heavy atom. The van der Waals surface area contributed by atoms with Crippen molar-refractivity contribution in [2.75, 3.05) is 24.3 Å². The normalized spacial score (nSPS) is 10.4. The molecule has 2 aromatic rings. The molecule has 26 heavy (non-hydrogen) atoms. The van der Waals surface area contributed by atoms with Crippen LogP contribution in [0.15, 0.2) is 35.2 Å². The second-order valence-corrected chi connectivity index (χ2v) is 7.41. The lowest BCUT2D eigenvalue weighted by Gasteiger charge is -2.12. The Kier molecular flexibility index (Phi) is 8.43. The van der Waals surface area contributed by atoms with Crippen LogP contribution in [0.3, 0.4) is 0 Å². The van der Waals surface area contributed by atoms with Gasteiger partial charge in [0.2, 0.25) is 11.0 Å². The molecule has 0 saturated heterocycles. The summed E-state index contributed by atoms with van der Waals surface area (Å²) in [6, 6.07) is 5.77. The number of carbonyl (C=O) groups excluding carboxylic acids is 1. The van der Waals surface area contributed by atoms with Crippen molar-refractivity contribution in [2.45, 2.75) is 31.0 Å². The number of nitrogens with zero attached hydrogens (tertiary/aromatic N) is 2. The van der Waals surface area contributed by atoms with E-state index in [0.717, 1.165) is 21.4 Å². The minimum Gasteiger partial charge on any atom is -0.490 e. The molecule has 0 atom stereocenters. The first-order valence-corrected chi connectivity index (χ1v) is 10.2. The van der Waals surface area contributed by atoms with Crippen LogP contribution in [0.2, 0.25) is 0 Å². The molecule has 0 aliphatic heterocycles. The molecule has 0 fully saturated rings. The largest absolute Gasteiger partial charge is 0.490 e. The van der Waals surface area contributed by atoms with Crippen LogP contribution < -0.4 is 14.8 Å². The predicted octanol–water partition coefficient (Wildman–Crippen LogP) is 4.18. The quantitative estimate of drug-likeness (QED) is 0.351. The van der Waals surface area contributed by atoms with Crippen molar-refractivity contribution >= 4 is 34.1 Å². The maximum Gasteiger partial charge on any atom is 0.226 e. The molecular weight excluding hydrogens is 370 g/mol. The third kappa shape index (κ3) is 6.34. The molecule has 0 spiro atoms. The van der Waals surface area contributed by atoms with E-state index in [4.69, 9.17) is 9.47 Å². The zero-order valence-corrected chi connectivity index (χ0v) is 16.6. The highest BCUT2D eigenvalue weighted by atomic mass is 32.2. The molecule has 6 nitrogen and oxygen atoms in total. The van der Waals surface area contributed by atoms with Crippen molar-refractivity contribution in [3.05, 3.63) is 36.4 Å². The third-order valence-corrected chi connectivity index (χ3v) is 5.19. The standard InChI is InChI=1S/C18H23N3O3S2/c1-4-11-25-18-21-20-17(26-18)19-16(22)10-8-13-7-9-14(23-5-2)15(12-13)24-6-3/h4,7,9,12H,1,5-6,8,10-11H2,2-3H3,(H,19,20,22). The summed E-state index contributed by atoms with van der Waals surface area (Å²) >= 11 is 2.90. The Hall–Kier alpha value is -2.06. The number of hydrogen-bond acceptors (Lipinski definition) is 7. The minimum absolute atomic E-state index is 0.0896. The summed E-state index contributed by atoms with van der Waals surface area (Å²) < 4.78 is 12.0. The van der Waals surface area contributed by atoms with Gasteiger partial charge in [-0.1, -0.05) is 35.2 Å². The average molecular weight is 394 g/mol. The summed E-state index contributed by atoms with van der Waals surface area (Å²) in [6.07, 6.45) is 2.76. The third-order valence-electron chi connectivity index (χ3n) is 3.23. The van der Waals surface area contributed by atoms with Gasteiger partial charge in [-0.3, -0.25) is 4.79 Å². The lowest BCUT2D eigenvalue weighted by Crippen LogP contribution is -2.12. The first-order chi connectivity index (χ1) is 12.7. The summed E-state index contributed by atoms with van der Waals surface area (Å²) in [5.41, 5.74) is 1.02. The average Bonchev–Trinajstić information content (AvgIpc) is 3.07. The Balaban J connectivity index is 1.89. The van der Waals surface area contributed by atoms with Crippen molar-refractivity contribution in [1.82, 2.24) is 10.2 Å². The molecule has 1 N–H and O–H groups in total. The second kappa shape index (κ2) is 10.8. The molecule has 0 bridgehead atoms. The van der Waals surface area contributed by atoms with Gasteiger partial charge in [-0.15, -0.1) is 16.8 Å². The number of carbonyl (C=O) groups is 1. The van der Waals surface area contributed by atoms with E-state index in [9.17, 15) is 4.79 Å². The second-order valence-electron chi connectivity index (χ2n) is 5.17. The predicted molar refractivity (Wildman–Crippen MR) is 107 cm³/mol. The summed E-state index contributed by atoms with van der Waals surface area (Å²) in [5.74, 6) is 2.11. The van der Waals surface area contributed by atoms with E-state index in [2.05, 4.69) is 22.1 Å². The molecule has 0 aliphatic rings. The number of rotatable bonds is 11. The SMILES string of the molecule is C=CCSc1nnc(NC(=O)CCc2ccc(OCC)c(OCC)c2)s1. The molecule has 1 heterocycles. The van der Waals surface area contributed by atoms with E-state index in [-0.39, 0.29) is 5.91 Å². The number of anilines is 1. The molecule has 1 aromatic heterocycles. The number of aryl methyl sites for hydroxylation is 1. The van der Waals surface area contributed by atoms with Gasteiger partial charge in [-0.05, 0) is 38.0 Å². The number of aromatic nitrogens is 2. The summed E-state index contributed by atoms with van der Waals surface area (Å²) in [7, 11) is 0. The number of thioether (sulfide) groups is 1. The first-order valence-electron chi connectivity index (χ1n) is 8.41. The Morgan fingerprint density at radius 3 is 2.77 bits per heavy atom. The zero-order chi connectivity index (χ0) is 18.8. The van der Waals surface area contributed by atoms with Gasteiger partial charge in [-0.2, -0.15) is 0 Å². The smallest absolute Gasteiger partial charge is 0.226 e. The molecule has 2 rings (SSSR count). The van der Waals surface area contributed by atoms with Crippen molar-refractivity contribution in [1.29, 1.82) is 0 Å². The van der Waals surface area contributed by atoms with Gasteiger partial charge in [0, 0.05) is 12.2 Å². The molecule has 0 saturated carbocycles. The zero-order valence-electron chi connectivity index (χ0n) is 15.0. The number of benzene rings is 1. The number of hydrogen-bond donors (Lipinski definition) is 1. The Labute approximate surface area is 162 Å². The molecule has 8 heteroatoms.